The number of rotatable bonds is 6. The first kappa shape index (κ1) is 18.0. The summed E-state index contributed by atoms with van der Waals surface area (Å²) >= 11 is 1.36. The number of carbonyl (C=O) groups excluding carboxylic acids is 2. The second-order valence-electron chi connectivity index (χ2n) is 5.68. The third-order valence-corrected chi connectivity index (χ3v) is 4.59. The molecule has 1 aromatic carbocycles. The maximum absolute atomic E-state index is 12.7. The molecule has 2 aromatic rings. The molecule has 0 bridgehead atoms. The number of nitrogens with one attached hydrogen (secondary N) is 1. The van der Waals surface area contributed by atoms with Crippen LogP contribution >= 0.6 is 11.3 Å². The number of benzene rings is 1. The molecule has 1 aromatic heterocycles. The maximum atomic E-state index is 12.7. The number of amides is 2. The van der Waals surface area contributed by atoms with E-state index in [9.17, 15) is 9.59 Å². The van der Waals surface area contributed by atoms with Crippen LogP contribution in [0.5, 0.6) is 5.75 Å². The van der Waals surface area contributed by atoms with Gasteiger partial charge in [-0.25, -0.2) is 0 Å². The molecule has 128 valence electrons. The Bertz CT molecular complexity index is 766. The standard InChI is InChI=1S/C18H22N2O3S/c1-5-12-11(4)24-18(15(12)16(19)21)20-17(22)13-8-6-7-9-14(13)23-10(2)3/h6-10H,5H2,1-4H3,(H2,19,21)(H,20,22). The van der Waals surface area contributed by atoms with Crippen molar-refractivity contribution < 1.29 is 14.3 Å². The molecule has 0 atom stereocenters. The average Bonchev–Trinajstić information content (AvgIpc) is 2.82. The summed E-state index contributed by atoms with van der Waals surface area (Å²) in [7, 11) is 0. The van der Waals surface area contributed by atoms with Gasteiger partial charge in [-0.15, -0.1) is 11.3 Å². The number of hydrogen-bond donors (Lipinski definition) is 2. The van der Waals surface area contributed by atoms with Crippen LogP contribution in [0.25, 0.3) is 0 Å². The van der Waals surface area contributed by atoms with Gasteiger partial charge in [-0.3, -0.25) is 9.59 Å². The van der Waals surface area contributed by atoms with Crippen LogP contribution in [-0.4, -0.2) is 17.9 Å². The molecular formula is C18H22N2O3S. The van der Waals surface area contributed by atoms with E-state index in [4.69, 9.17) is 10.5 Å². The van der Waals surface area contributed by atoms with Crippen molar-refractivity contribution in [2.45, 2.75) is 40.2 Å². The monoisotopic (exact) mass is 346 g/mol. The van der Waals surface area contributed by atoms with E-state index in [1.54, 1.807) is 18.2 Å². The van der Waals surface area contributed by atoms with Gasteiger partial charge in [-0.1, -0.05) is 19.1 Å². The molecule has 0 aliphatic heterocycles. The first-order valence-corrected chi connectivity index (χ1v) is 8.65. The minimum Gasteiger partial charge on any atom is -0.490 e. The number of aryl methyl sites for hydroxylation is 1. The van der Waals surface area contributed by atoms with E-state index < -0.39 is 5.91 Å². The van der Waals surface area contributed by atoms with Gasteiger partial charge in [-0.2, -0.15) is 0 Å². The number of para-hydroxylation sites is 1. The summed E-state index contributed by atoms with van der Waals surface area (Å²) < 4.78 is 5.68. The minimum atomic E-state index is -0.529. The van der Waals surface area contributed by atoms with Crippen LogP contribution in [0, 0.1) is 6.92 Å². The molecule has 0 saturated carbocycles. The van der Waals surface area contributed by atoms with Crippen LogP contribution in [0.15, 0.2) is 24.3 Å². The minimum absolute atomic E-state index is 0.0455. The van der Waals surface area contributed by atoms with Crippen molar-refractivity contribution >= 4 is 28.2 Å². The van der Waals surface area contributed by atoms with Gasteiger partial charge in [-0.05, 0) is 44.9 Å². The van der Waals surface area contributed by atoms with Gasteiger partial charge in [0.15, 0.2) is 0 Å². The molecule has 24 heavy (non-hydrogen) atoms. The fourth-order valence-corrected chi connectivity index (χ4v) is 3.68. The molecule has 0 radical (unpaired) electrons. The largest absolute Gasteiger partial charge is 0.490 e. The first-order valence-electron chi connectivity index (χ1n) is 7.84. The van der Waals surface area contributed by atoms with Crippen LogP contribution in [0.1, 0.15) is 51.9 Å². The van der Waals surface area contributed by atoms with E-state index in [1.807, 2.05) is 33.8 Å². The van der Waals surface area contributed by atoms with Gasteiger partial charge in [0.2, 0.25) is 0 Å². The van der Waals surface area contributed by atoms with Crippen LogP contribution < -0.4 is 15.8 Å². The van der Waals surface area contributed by atoms with Crippen LogP contribution in [0.2, 0.25) is 0 Å². The Morgan fingerprint density at radius 1 is 1.29 bits per heavy atom. The molecule has 0 unspecified atom stereocenters. The van der Waals surface area contributed by atoms with Crippen LogP contribution in [-0.2, 0) is 6.42 Å². The van der Waals surface area contributed by atoms with Crippen LogP contribution in [0.3, 0.4) is 0 Å². The molecule has 0 fully saturated rings. The predicted molar refractivity (Wildman–Crippen MR) is 97.1 cm³/mol. The molecule has 1 heterocycles. The van der Waals surface area contributed by atoms with Crippen molar-refractivity contribution in [2.75, 3.05) is 5.32 Å². The average molecular weight is 346 g/mol. The smallest absolute Gasteiger partial charge is 0.260 e. The van der Waals surface area contributed by atoms with Gasteiger partial charge < -0.3 is 15.8 Å². The summed E-state index contributed by atoms with van der Waals surface area (Å²) in [5.74, 6) is -0.342. The van der Waals surface area contributed by atoms with Crippen molar-refractivity contribution in [3.63, 3.8) is 0 Å². The number of ether oxygens (including phenoxy) is 1. The third-order valence-electron chi connectivity index (χ3n) is 3.53. The molecule has 0 aliphatic rings. The molecule has 0 spiro atoms. The summed E-state index contributed by atoms with van der Waals surface area (Å²) in [5, 5.41) is 3.30. The van der Waals surface area contributed by atoms with E-state index in [0.29, 0.717) is 28.3 Å². The highest BCUT2D eigenvalue weighted by atomic mass is 32.1. The molecule has 0 saturated heterocycles. The zero-order valence-electron chi connectivity index (χ0n) is 14.3. The SMILES string of the molecule is CCc1c(C)sc(NC(=O)c2ccccc2OC(C)C)c1C(N)=O. The van der Waals surface area contributed by atoms with Crippen molar-refractivity contribution in [2.24, 2.45) is 5.73 Å². The Labute approximate surface area is 145 Å². The number of hydrogen-bond acceptors (Lipinski definition) is 4. The maximum Gasteiger partial charge on any atom is 0.260 e. The number of thiophene rings is 1. The van der Waals surface area contributed by atoms with Gasteiger partial charge in [0.05, 0.1) is 17.2 Å². The van der Waals surface area contributed by atoms with E-state index in [0.717, 1.165) is 10.4 Å². The Morgan fingerprint density at radius 2 is 1.96 bits per heavy atom. The summed E-state index contributed by atoms with van der Waals surface area (Å²) in [4.78, 5) is 25.4. The van der Waals surface area contributed by atoms with Crippen LogP contribution in [0.4, 0.5) is 5.00 Å². The summed E-state index contributed by atoms with van der Waals surface area (Å²) in [5.41, 5.74) is 7.21. The molecular weight excluding hydrogens is 324 g/mol. The number of carbonyl (C=O) groups is 2. The second-order valence-corrected chi connectivity index (χ2v) is 6.90. The topological polar surface area (TPSA) is 81.4 Å². The lowest BCUT2D eigenvalue weighted by Crippen LogP contribution is -2.19. The predicted octanol–water partition coefficient (Wildman–Crippen LogP) is 3.76. The molecule has 2 amide bonds. The molecule has 2 rings (SSSR count). The van der Waals surface area contributed by atoms with Gasteiger partial charge in [0.25, 0.3) is 11.8 Å². The van der Waals surface area contributed by atoms with E-state index in [2.05, 4.69) is 5.32 Å². The fraction of sp³-hybridized carbons (Fsp3) is 0.333. The van der Waals surface area contributed by atoms with Crippen molar-refractivity contribution in [3.8, 4) is 5.75 Å². The van der Waals surface area contributed by atoms with E-state index in [-0.39, 0.29) is 12.0 Å². The Balaban J connectivity index is 2.36. The Kier molecular flexibility index (Phi) is 5.62. The summed E-state index contributed by atoms with van der Waals surface area (Å²) in [6.07, 6.45) is 0.639. The molecule has 6 heteroatoms. The highest BCUT2D eigenvalue weighted by Crippen LogP contribution is 2.34. The van der Waals surface area contributed by atoms with E-state index >= 15 is 0 Å². The van der Waals surface area contributed by atoms with Gasteiger partial charge in [0, 0.05) is 4.88 Å². The molecule has 5 nitrogen and oxygen atoms in total. The van der Waals surface area contributed by atoms with E-state index in [1.165, 1.54) is 11.3 Å². The lowest BCUT2D eigenvalue weighted by Gasteiger charge is -2.14. The lowest BCUT2D eigenvalue weighted by atomic mass is 10.1. The highest BCUT2D eigenvalue weighted by Gasteiger charge is 2.22. The highest BCUT2D eigenvalue weighted by molar-refractivity contribution is 7.16. The van der Waals surface area contributed by atoms with Gasteiger partial charge in [0.1, 0.15) is 10.8 Å². The zero-order valence-corrected chi connectivity index (χ0v) is 15.1. The third kappa shape index (κ3) is 3.76. The molecule has 0 aliphatic carbocycles. The fourth-order valence-electron chi connectivity index (χ4n) is 2.53. The van der Waals surface area contributed by atoms with Gasteiger partial charge >= 0.3 is 0 Å². The summed E-state index contributed by atoms with van der Waals surface area (Å²) in [6.45, 7) is 7.67. The number of anilines is 1. The van der Waals surface area contributed by atoms with Crippen molar-refractivity contribution in [1.29, 1.82) is 0 Å². The van der Waals surface area contributed by atoms with Crippen molar-refractivity contribution in [1.82, 2.24) is 0 Å². The lowest BCUT2D eigenvalue weighted by molar-refractivity contribution is 0.100. The summed E-state index contributed by atoms with van der Waals surface area (Å²) in [6, 6.07) is 7.03. The Hall–Kier alpha value is -2.34. The Morgan fingerprint density at radius 3 is 2.54 bits per heavy atom. The normalized spacial score (nSPS) is 10.7. The quantitative estimate of drug-likeness (QED) is 0.835. The second kappa shape index (κ2) is 7.49. The zero-order chi connectivity index (χ0) is 17.9. The number of primary amides is 1. The molecule has 3 N–H and O–H groups in total. The van der Waals surface area contributed by atoms with Crippen molar-refractivity contribution in [3.05, 3.63) is 45.8 Å². The first-order chi connectivity index (χ1) is 11.3. The number of nitrogens with two attached hydrogens (primary N) is 1.